The molecule has 1 fully saturated rings. The van der Waals surface area contributed by atoms with Gasteiger partial charge in [0, 0.05) is 44.6 Å². The Morgan fingerprint density at radius 2 is 2.06 bits per heavy atom. The second kappa shape index (κ2) is 5.98. The van der Waals surface area contributed by atoms with Crippen molar-refractivity contribution in [1.29, 1.82) is 0 Å². The molecule has 0 unspecified atom stereocenters. The molecule has 1 aliphatic rings. The van der Waals surface area contributed by atoms with Crippen LogP contribution in [0.1, 0.15) is 12.6 Å². The Bertz CT molecular complexity index is 345. The number of nitrogens with one attached hydrogen (secondary N) is 1. The Balaban J connectivity index is 2.00. The maximum atomic E-state index is 4.36. The normalized spacial score (nSPS) is 17.4. The third-order valence-corrected chi connectivity index (χ3v) is 3.34. The van der Waals surface area contributed by atoms with Crippen molar-refractivity contribution < 1.29 is 0 Å². The first-order valence-electron chi connectivity index (χ1n) is 6.40. The van der Waals surface area contributed by atoms with E-state index < -0.39 is 0 Å². The van der Waals surface area contributed by atoms with Gasteiger partial charge in [-0.25, -0.2) is 0 Å². The lowest BCUT2D eigenvalue weighted by Crippen LogP contribution is -2.46. The average Bonchev–Trinajstić information content (AvgIpc) is 2.40. The fraction of sp³-hybridized carbons (Fsp3) is 0.615. The van der Waals surface area contributed by atoms with Gasteiger partial charge in [0.05, 0.1) is 5.69 Å². The number of piperazine rings is 1. The largest absolute Gasteiger partial charge is 0.369 e. The Hall–Kier alpha value is -1.13. The lowest BCUT2D eigenvalue weighted by Gasteiger charge is -2.35. The first-order chi connectivity index (χ1) is 8.33. The standard InChI is InChI=1S/C13H22N4/c1-3-16-6-8-17(9-7-16)13-4-5-15-12(10-13)11-14-2/h4-5,10,14H,3,6-9,11H2,1-2H3. The Morgan fingerprint density at radius 1 is 1.29 bits per heavy atom. The summed E-state index contributed by atoms with van der Waals surface area (Å²) < 4.78 is 0. The quantitative estimate of drug-likeness (QED) is 0.840. The van der Waals surface area contributed by atoms with Crippen LogP contribution < -0.4 is 10.2 Å². The van der Waals surface area contributed by atoms with Crippen LogP contribution in [0.2, 0.25) is 0 Å². The molecule has 94 valence electrons. The third-order valence-electron chi connectivity index (χ3n) is 3.34. The number of anilines is 1. The molecule has 0 amide bonds. The zero-order valence-electron chi connectivity index (χ0n) is 10.8. The number of pyridine rings is 1. The Morgan fingerprint density at radius 3 is 2.71 bits per heavy atom. The lowest BCUT2D eigenvalue weighted by atomic mass is 10.2. The molecule has 4 nitrogen and oxygen atoms in total. The van der Waals surface area contributed by atoms with Gasteiger partial charge in [0.2, 0.25) is 0 Å². The van der Waals surface area contributed by atoms with Crippen molar-refractivity contribution in [2.45, 2.75) is 13.5 Å². The average molecular weight is 234 g/mol. The predicted molar refractivity (Wildman–Crippen MR) is 71.3 cm³/mol. The predicted octanol–water partition coefficient (Wildman–Crippen LogP) is 0.943. The van der Waals surface area contributed by atoms with Crippen molar-refractivity contribution in [3.05, 3.63) is 24.0 Å². The summed E-state index contributed by atoms with van der Waals surface area (Å²) in [7, 11) is 1.95. The topological polar surface area (TPSA) is 31.4 Å². The highest BCUT2D eigenvalue weighted by Gasteiger charge is 2.15. The molecule has 0 aromatic carbocycles. The number of nitrogens with zero attached hydrogens (tertiary/aromatic N) is 3. The van der Waals surface area contributed by atoms with Crippen LogP contribution in [0, 0.1) is 0 Å². The number of aromatic nitrogens is 1. The van der Waals surface area contributed by atoms with E-state index in [1.807, 2.05) is 13.2 Å². The van der Waals surface area contributed by atoms with E-state index in [4.69, 9.17) is 0 Å². The van der Waals surface area contributed by atoms with Crippen molar-refractivity contribution in [1.82, 2.24) is 15.2 Å². The van der Waals surface area contributed by atoms with Crippen LogP contribution in [0.3, 0.4) is 0 Å². The molecular formula is C13H22N4. The molecule has 1 aromatic heterocycles. The minimum absolute atomic E-state index is 0.836. The van der Waals surface area contributed by atoms with Crippen LogP contribution in [-0.2, 0) is 6.54 Å². The fourth-order valence-electron chi connectivity index (χ4n) is 2.26. The van der Waals surface area contributed by atoms with Gasteiger partial charge in [-0.3, -0.25) is 4.98 Å². The molecule has 1 aliphatic heterocycles. The van der Waals surface area contributed by atoms with Crippen molar-refractivity contribution in [2.75, 3.05) is 44.7 Å². The van der Waals surface area contributed by atoms with Crippen LogP contribution in [0.15, 0.2) is 18.3 Å². The molecule has 0 aliphatic carbocycles. The molecule has 4 heteroatoms. The van der Waals surface area contributed by atoms with Crippen molar-refractivity contribution in [2.24, 2.45) is 0 Å². The molecule has 1 aromatic rings. The van der Waals surface area contributed by atoms with E-state index in [1.54, 1.807) is 0 Å². The number of likely N-dealkylation sites (N-methyl/N-ethyl adjacent to an activating group) is 1. The molecule has 0 bridgehead atoms. The monoisotopic (exact) mass is 234 g/mol. The first-order valence-corrected chi connectivity index (χ1v) is 6.40. The Labute approximate surface area is 104 Å². The summed E-state index contributed by atoms with van der Waals surface area (Å²) in [5.41, 5.74) is 2.42. The van der Waals surface area contributed by atoms with Gasteiger partial charge in [0.1, 0.15) is 0 Å². The van der Waals surface area contributed by atoms with Gasteiger partial charge in [-0.1, -0.05) is 6.92 Å². The summed E-state index contributed by atoms with van der Waals surface area (Å²) in [5, 5.41) is 3.14. The second-order valence-electron chi connectivity index (χ2n) is 4.46. The number of hydrogen-bond donors (Lipinski definition) is 1. The summed E-state index contributed by atoms with van der Waals surface area (Å²) in [6.45, 7) is 8.80. The molecule has 1 saturated heterocycles. The van der Waals surface area contributed by atoms with Crippen LogP contribution >= 0.6 is 0 Å². The van der Waals surface area contributed by atoms with E-state index in [0.717, 1.165) is 31.9 Å². The maximum Gasteiger partial charge on any atom is 0.0562 e. The highest BCUT2D eigenvalue weighted by Crippen LogP contribution is 2.16. The van der Waals surface area contributed by atoms with Crippen LogP contribution in [0.5, 0.6) is 0 Å². The molecule has 0 atom stereocenters. The highest BCUT2D eigenvalue weighted by atomic mass is 15.3. The molecule has 1 N–H and O–H groups in total. The number of hydrogen-bond acceptors (Lipinski definition) is 4. The van der Waals surface area contributed by atoms with E-state index in [9.17, 15) is 0 Å². The summed E-state index contributed by atoms with van der Waals surface area (Å²) in [6.07, 6.45) is 1.91. The molecule has 0 saturated carbocycles. The SMILES string of the molecule is CCN1CCN(c2ccnc(CNC)c2)CC1. The van der Waals surface area contributed by atoms with E-state index >= 15 is 0 Å². The van der Waals surface area contributed by atoms with Gasteiger partial charge in [0.15, 0.2) is 0 Å². The first kappa shape index (κ1) is 12.3. The maximum absolute atomic E-state index is 4.36. The van der Waals surface area contributed by atoms with Gasteiger partial charge >= 0.3 is 0 Å². The van der Waals surface area contributed by atoms with Gasteiger partial charge < -0.3 is 15.1 Å². The smallest absolute Gasteiger partial charge is 0.0562 e. The summed E-state index contributed by atoms with van der Waals surface area (Å²) in [5.74, 6) is 0. The molecule has 17 heavy (non-hydrogen) atoms. The van der Waals surface area contributed by atoms with Crippen molar-refractivity contribution in [3.63, 3.8) is 0 Å². The van der Waals surface area contributed by atoms with E-state index in [2.05, 4.69) is 39.2 Å². The minimum Gasteiger partial charge on any atom is -0.369 e. The lowest BCUT2D eigenvalue weighted by molar-refractivity contribution is 0.271. The van der Waals surface area contributed by atoms with Gasteiger partial charge in [-0.15, -0.1) is 0 Å². The fourth-order valence-corrected chi connectivity index (χ4v) is 2.26. The zero-order chi connectivity index (χ0) is 12.1. The van der Waals surface area contributed by atoms with Gasteiger partial charge in [-0.05, 0) is 25.7 Å². The van der Waals surface area contributed by atoms with E-state index in [-0.39, 0.29) is 0 Å². The molecule has 0 spiro atoms. The summed E-state index contributed by atoms with van der Waals surface area (Å²) in [4.78, 5) is 9.30. The molecule has 2 heterocycles. The van der Waals surface area contributed by atoms with Crippen LogP contribution in [0.25, 0.3) is 0 Å². The van der Waals surface area contributed by atoms with E-state index in [1.165, 1.54) is 18.8 Å². The van der Waals surface area contributed by atoms with E-state index in [0.29, 0.717) is 0 Å². The molecular weight excluding hydrogens is 212 g/mol. The summed E-state index contributed by atoms with van der Waals surface area (Å²) in [6, 6.07) is 4.30. The second-order valence-corrected chi connectivity index (χ2v) is 4.46. The number of rotatable bonds is 4. The molecule has 2 rings (SSSR count). The highest BCUT2D eigenvalue weighted by molar-refractivity contribution is 5.47. The third kappa shape index (κ3) is 3.17. The Kier molecular flexibility index (Phi) is 4.34. The van der Waals surface area contributed by atoms with Crippen molar-refractivity contribution >= 4 is 5.69 Å². The van der Waals surface area contributed by atoms with Crippen LogP contribution in [0.4, 0.5) is 5.69 Å². The van der Waals surface area contributed by atoms with Gasteiger partial charge in [0.25, 0.3) is 0 Å². The summed E-state index contributed by atoms with van der Waals surface area (Å²) >= 11 is 0. The minimum atomic E-state index is 0.836. The van der Waals surface area contributed by atoms with Gasteiger partial charge in [-0.2, -0.15) is 0 Å². The van der Waals surface area contributed by atoms with Crippen molar-refractivity contribution in [3.8, 4) is 0 Å². The van der Waals surface area contributed by atoms with Crippen LogP contribution in [-0.4, -0.2) is 49.7 Å². The zero-order valence-corrected chi connectivity index (χ0v) is 10.8. The molecule has 0 radical (unpaired) electrons.